The van der Waals surface area contributed by atoms with E-state index in [-0.39, 0.29) is 5.91 Å². The lowest BCUT2D eigenvalue weighted by molar-refractivity contribution is -0.127. The number of nitrogens with one attached hydrogen (secondary N) is 1. The van der Waals surface area contributed by atoms with Gasteiger partial charge in [0.2, 0.25) is 0 Å². The van der Waals surface area contributed by atoms with Crippen molar-refractivity contribution in [3.05, 3.63) is 59.7 Å². The number of carbonyl (C=O) groups excluding carboxylic acids is 1. The minimum Gasteiger partial charge on any atom is -0.491 e. The molecule has 0 saturated carbocycles. The maximum Gasteiger partial charge on any atom is 0.260 e. The smallest absolute Gasteiger partial charge is 0.260 e. The van der Waals surface area contributed by atoms with E-state index in [1.807, 2.05) is 49.4 Å². The Bertz CT molecular complexity index is 697. The Morgan fingerprint density at radius 2 is 1.64 bits per heavy atom. The van der Waals surface area contributed by atoms with Gasteiger partial charge < -0.3 is 14.8 Å². The quantitative estimate of drug-likeness (QED) is 0.736. The minimum absolute atomic E-state index is 0.149. The number of ether oxygens (including phenoxy) is 2. The SMILES string of the molecule is Cc1ccccc1O[C@H](C)C(=O)NCCOc1ccccc1C(C)C. The van der Waals surface area contributed by atoms with Gasteiger partial charge in [0, 0.05) is 0 Å². The number of aryl methyl sites for hydroxylation is 1. The largest absolute Gasteiger partial charge is 0.491 e. The molecule has 4 heteroatoms. The van der Waals surface area contributed by atoms with Crippen molar-refractivity contribution >= 4 is 5.91 Å². The fourth-order valence-corrected chi connectivity index (χ4v) is 2.50. The third-order valence-electron chi connectivity index (χ3n) is 3.97. The maximum atomic E-state index is 12.2. The number of hydrogen-bond acceptors (Lipinski definition) is 3. The number of hydrogen-bond donors (Lipinski definition) is 1. The van der Waals surface area contributed by atoms with Gasteiger partial charge in [0.25, 0.3) is 5.91 Å². The van der Waals surface area contributed by atoms with Gasteiger partial charge >= 0.3 is 0 Å². The lowest BCUT2D eigenvalue weighted by Crippen LogP contribution is -2.38. The Labute approximate surface area is 150 Å². The highest BCUT2D eigenvalue weighted by Gasteiger charge is 2.15. The fraction of sp³-hybridized carbons (Fsp3) is 0.381. The number of para-hydroxylation sites is 2. The monoisotopic (exact) mass is 341 g/mol. The van der Waals surface area contributed by atoms with Crippen LogP contribution in [0.5, 0.6) is 11.5 Å². The van der Waals surface area contributed by atoms with Crippen LogP contribution in [0.2, 0.25) is 0 Å². The van der Waals surface area contributed by atoms with Crippen LogP contribution in [0.15, 0.2) is 48.5 Å². The van der Waals surface area contributed by atoms with Gasteiger partial charge in [0.1, 0.15) is 18.1 Å². The first-order chi connectivity index (χ1) is 12.0. The van der Waals surface area contributed by atoms with E-state index in [2.05, 4.69) is 25.2 Å². The molecule has 0 saturated heterocycles. The molecule has 0 bridgehead atoms. The Balaban J connectivity index is 1.78. The third-order valence-corrected chi connectivity index (χ3v) is 3.97. The molecule has 134 valence electrons. The molecule has 0 aliphatic heterocycles. The number of rotatable bonds is 8. The summed E-state index contributed by atoms with van der Waals surface area (Å²) < 4.78 is 11.5. The number of carbonyl (C=O) groups is 1. The summed E-state index contributed by atoms with van der Waals surface area (Å²) in [7, 11) is 0. The van der Waals surface area contributed by atoms with E-state index in [1.54, 1.807) is 6.92 Å². The maximum absolute atomic E-state index is 12.2. The summed E-state index contributed by atoms with van der Waals surface area (Å²) in [5.74, 6) is 1.85. The van der Waals surface area contributed by atoms with Crippen molar-refractivity contribution in [2.75, 3.05) is 13.2 Å². The van der Waals surface area contributed by atoms with Gasteiger partial charge in [-0.1, -0.05) is 50.2 Å². The molecule has 0 heterocycles. The molecule has 0 aliphatic rings. The second-order valence-corrected chi connectivity index (χ2v) is 6.36. The van der Waals surface area contributed by atoms with Crippen LogP contribution in [0.1, 0.15) is 37.8 Å². The van der Waals surface area contributed by atoms with E-state index in [9.17, 15) is 4.79 Å². The summed E-state index contributed by atoms with van der Waals surface area (Å²) in [4.78, 5) is 12.2. The van der Waals surface area contributed by atoms with Crippen molar-refractivity contribution in [1.82, 2.24) is 5.32 Å². The number of benzene rings is 2. The second-order valence-electron chi connectivity index (χ2n) is 6.36. The Hall–Kier alpha value is -2.49. The third kappa shape index (κ3) is 5.52. The van der Waals surface area contributed by atoms with Gasteiger partial charge in [-0.2, -0.15) is 0 Å². The van der Waals surface area contributed by atoms with Crippen LogP contribution in [-0.2, 0) is 4.79 Å². The molecule has 0 radical (unpaired) electrons. The van der Waals surface area contributed by atoms with Crippen LogP contribution >= 0.6 is 0 Å². The van der Waals surface area contributed by atoms with Crippen LogP contribution in [0.3, 0.4) is 0 Å². The van der Waals surface area contributed by atoms with Crippen molar-refractivity contribution in [3.63, 3.8) is 0 Å². The lowest BCUT2D eigenvalue weighted by atomic mass is 10.0. The molecule has 0 aromatic heterocycles. The molecule has 0 fully saturated rings. The Kier molecular flexibility index (Phi) is 6.87. The minimum atomic E-state index is -0.552. The molecule has 0 unspecified atom stereocenters. The topological polar surface area (TPSA) is 47.6 Å². The summed E-state index contributed by atoms with van der Waals surface area (Å²) in [6, 6.07) is 15.7. The zero-order valence-electron chi connectivity index (χ0n) is 15.4. The number of amides is 1. The van der Waals surface area contributed by atoms with Crippen molar-refractivity contribution in [3.8, 4) is 11.5 Å². The molecular formula is C21H27NO3. The molecule has 1 atom stereocenters. The van der Waals surface area contributed by atoms with E-state index in [1.165, 1.54) is 5.56 Å². The zero-order chi connectivity index (χ0) is 18.2. The summed E-state index contributed by atoms with van der Waals surface area (Å²) in [6.45, 7) is 8.83. The first-order valence-electron chi connectivity index (χ1n) is 8.70. The van der Waals surface area contributed by atoms with Crippen molar-refractivity contribution in [2.45, 2.75) is 39.7 Å². The lowest BCUT2D eigenvalue weighted by Gasteiger charge is -2.17. The molecule has 25 heavy (non-hydrogen) atoms. The summed E-state index contributed by atoms with van der Waals surface area (Å²) in [6.07, 6.45) is -0.552. The molecule has 2 aromatic carbocycles. The van der Waals surface area contributed by atoms with Gasteiger partial charge in [-0.15, -0.1) is 0 Å². The average Bonchev–Trinajstić information content (AvgIpc) is 2.60. The van der Waals surface area contributed by atoms with Crippen molar-refractivity contribution in [2.24, 2.45) is 0 Å². The van der Waals surface area contributed by atoms with E-state index >= 15 is 0 Å². The predicted molar refractivity (Wildman–Crippen MR) is 100 cm³/mol. The molecule has 1 amide bonds. The second kappa shape index (κ2) is 9.11. The normalized spacial score (nSPS) is 11.9. The van der Waals surface area contributed by atoms with Crippen molar-refractivity contribution < 1.29 is 14.3 Å². The molecule has 4 nitrogen and oxygen atoms in total. The zero-order valence-corrected chi connectivity index (χ0v) is 15.4. The van der Waals surface area contributed by atoms with Crippen LogP contribution in [0.25, 0.3) is 0 Å². The van der Waals surface area contributed by atoms with E-state index < -0.39 is 6.10 Å². The summed E-state index contributed by atoms with van der Waals surface area (Å²) in [5.41, 5.74) is 2.18. The van der Waals surface area contributed by atoms with Crippen LogP contribution in [-0.4, -0.2) is 25.2 Å². The Morgan fingerprint density at radius 1 is 1.00 bits per heavy atom. The summed E-state index contributed by atoms with van der Waals surface area (Å²) in [5, 5.41) is 2.85. The average molecular weight is 341 g/mol. The predicted octanol–water partition coefficient (Wildman–Crippen LogP) is 4.08. The van der Waals surface area contributed by atoms with Crippen LogP contribution in [0, 0.1) is 6.92 Å². The van der Waals surface area contributed by atoms with Gasteiger partial charge in [0.05, 0.1) is 6.54 Å². The highest BCUT2D eigenvalue weighted by molar-refractivity contribution is 5.80. The standard InChI is InChI=1S/C21H27NO3/c1-15(2)18-10-6-8-12-20(18)24-14-13-22-21(23)17(4)25-19-11-7-5-9-16(19)3/h5-12,15,17H,13-14H2,1-4H3,(H,22,23)/t17-/m1/s1. The highest BCUT2D eigenvalue weighted by Crippen LogP contribution is 2.25. The molecule has 1 N–H and O–H groups in total. The van der Waals surface area contributed by atoms with Gasteiger partial charge in [-0.3, -0.25) is 4.79 Å². The van der Waals surface area contributed by atoms with E-state index in [0.717, 1.165) is 17.1 Å². The van der Waals surface area contributed by atoms with Gasteiger partial charge in [-0.25, -0.2) is 0 Å². The fourth-order valence-electron chi connectivity index (χ4n) is 2.50. The molecule has 0 aliphatic carbocycles. The molecule has 2 rings (SSSR count). The van der Waals surface area contributed by atoms with E-state index in [4.69, 9.17) is 9.47 Å². The highest BCUT2D eigenvalue weighted by atomic mass is 16.5. The molecule has 2 aromatic rings. The van der Waals surface area contributed by atoms with Crippen LogP contribution in [0.4, 0.5) is 0 Å². The van der Waals surface area contributed by atoms with E-state index in [0.29, 0.717) is 19.1 Å². The van der Waals surface area contributed by atoms with Gasteiger partial charge in [0.15, 0.2) is 6.10 Å². The van der Waals surface area contributed by atoms with Crippen molar-refractivity contribution in [1.29, 1.82) is 0 Å². The first-order valence-corrected chi connectivity index (χ1v) is 8.70. The van der Waals surface area contributed by atoms with Gasteiger partial charge in [-0.05, 0) is 43.0 Å². The van der Waals surface area contributed by atoms with Crippen LogP contribution < -0.4 is 14.8 Å². The Morgan fingerprint density at radius 3 is 2.32 bits per heavy atom. The first kappa shape index (κ1) is 18.8. The molecule has 0 spiro atoms. The molecular weight excluding hydrogens is 314 g/mol. The summed E-state index contributed by atoms with van der Waals surface area (Å²) >= 11 is 0.